The summed E-state index contributed by atoms with van der Waals surface area (Å²) in [4.78, 5) is 0. The summed E-state index contributed by atoms with van der Waals surface area (Å²) < 4.78 is 0. The van der Waals surface area contributed by atoms with Gasteiger partial charge in [-0.05, 0) is 44.1 Å². The Balaban J connectivity index is 1.96. The quantitative estimate of drug-likeness (QED) is 0.400. The third-order valence-corrected chi connectivity index (χ3v) is 4.45. The Morgan fingerprint density at radius 3 is 2.09 bits per heavy atom. The van der Waals surface area contributed by atoms with Crippen LogP contribution < -0.4 is 10.6 Å². The Kier molecular flexibility index (Phi) is 12.7. The van der Waals surface area contributed by atoms with Gasteiger partial charge in [0.1, 0.15) is 0 Å². The Labute approximate surface area is 144 Å². The van der Waals surface area contributed by atoms with Crippen LogP contribution >= 0.6 is 0 Å². The van der Waals surface area contributed by atoms with Crippen LogP contribution in [0.4, 0.5) is 5.69 Å². The number of rotatable bonds is 15. The molecule has 1 aromatic rings. The predicted octanol–water partition coefficient (Wildman–Crippen LogP) is 5.78. The van der Waals surface area contributed by atoms with Gasteiger partial charge in [0.15, 0.2) is 0 Å². The summed E-state index contributed by atoms with van der Waals surface area (Å²) in [7, 11) is 2.01. The highest BCUT2D eigenvalue weighted by Gasteiger charge is 1.96. The van der Waals surface area contributed by atoms with Crippen molar-refractivity contribution in [2.24, 2.45) is 0 Å². The minimum atomic E-state index is 1.04. The maximum Gasteiger partial charge on any atom is 0.0342 e. The van der Waals surface area contributed by atoms with Crippen LogP contribution in [0.15, 0.2) is 24.3 Å². The number of anilines is 1. The second-order valence-corrected chi connectivity index (χ2v) is 6.66. The van der Waals surface area contributed by atoms with Gasteiger partial charge < -0.3 is 10.6 Å². The third-order valence-electron chi connectivity index (χ3n) is 4.45. The molecule has 0 saturated carbocycles. The first-order valence-corrected chi connectivity index (χ1v) is 9.84. The smallest absolute Gasteiger partial charge is 0.0342 e. The summed E-state index contributed by atoms with van der Waals surface area (Å²) in [5, 5.41) is 6.77. The molecule has 0 aliphatic carbocycles. The molecule has 0 amide bonds. The van der Waals surface area contributed by atoms with Gasteiger partial charge >= 0.3 is 0 Å². The van der Waals surface area contributed by atoms with Crippen molar-refractivity contribution in [3.8, 4) is 0 Å². The summed E-state index contributed by atoms with van der Waals surface area (Å²) in [6.45, 7) is 4.43. The van der Waals surface area contributed by atoms with E-state index in [9.17, 15) is 0 Å². The number of unbranched alkanes of at least 4 members (excludes halogenated alkanes) is 9. The van der Waals surface area contributed by atoms with Crippen LogP contribution in [0.3, 0.4) is 0 Å². The van der Waals surface area contributed by atoms with Crippen molar-refractivity contribution in [2.75, 3.05) is 25.5 Å². The van der Waals surface area contributed by atoms with Crippen LogP contribution in [-0.4, -0.2) is 20.1 Å². The fourth-order valence-corrected chi connectivity index (χ4v) is 2.95. The number of hydrogen-bond donors (Lipinski definition) is 2. The molecule has 0 fully saturated rings. The molecule has 0 bridgehead atoms. The zero-order valence-electron chi connectivity index (χ0n) is 15.5. The first kappa shape index (κ1) is 20.0. The van der Waals surface area contributed by atoms with Gasteiger partial charge in [-0.3, -0.25) is 0 Å². The number of nitrogens with one attached hydrogen (secondary N) is 2. The Morgan fingerprint density at radius 2 is 1.43 bits per heavy atom. The molecule has 0 spiro atoms. The van der Waals surface area contributed by atoms with Crippen LogP contribution in [0, 0.1) is 0 Å². The molecule has 0 radical (unpaired) electrons. The number of likely N-dealkylation sites (N-methyl/N-ethyl adjacent to an activating group) is 1. The minimum Gasteiger partial charge on any atom is -0.385 e. The molecule has 0 saturated heterocycles. The molecule has 0 heterocycles. The van der Waals surface area contributed by atoms with Crippen molar-refractivity contribution < 1.29 is 0 Å². The Hall–Kier alpha value is -1.02. The van der Waals surface area contributed by atoms with Crippen LogP contribution in [0.1, 0.15) is 76.7 Å². The maximum atomic E-state index is 3.57. The fourth-order valence-electron chi connectivity index (χ4n) is 2.95. The van der Waals surface area contributed by atoms with Gasteiger partial charge in [-0.15, -0.1) is 0 Å². The summed E-state index contributed by atoms with van der Waals surface area (Å²) in [5.41, 5.74) is 2.68. The lowest BCUT2D eigenvalue weighted by Crippen LogP contribution is -2.10. The van der Waals surface area contributed by atoms with Crippen molar-refractivity contribution >= 4 is 5.69 Å². The van der Waals surface area contributed by atoms with E-state index in [0.29, 0.717) is 0 Å². The highest BCUT2D eigenvalue weighted by atomic mass is 14.9. The summed E-state index contributed by atoms with van der Waals surface area (Å²) in [5.74, 6) is 0. The molecule has 132 valence electrons. The summed E-state index contributed by atoms with van der Waals surface area (Å²) >= 11 is 0. The molecular weight excluding hydrogens is 280 g/mol. The van der Waals surface area contributed by atoms with Gasteiger partial charge in [-0.1, -0.05) is 76.8 Å². The zero-order valence-corrected chi connectivity index (χ0v) is 15.5. The average molecular weight is 319 g/mol. The van der Waals surface area contributed by atoms with Gasteiger partial charge in [-0.25, -0.2) is 0 Å². The van der Waals surface area contributed by atoms with Gasteiger partial charge in [0, 0.05) is 12.2 Å². The van der Waals surface area contributed by atoms with E-state index in [0.717, 1.165) is 19.5 Å². The third kappa shape index (κ3) is 11.2. The van der Waals surface area contributed by atoms with E-state index in [1.54, 1.807) is 0 Å². The first-order valence-electron chi connectivity index (χ1n) is 9.84. The molecule has 0 atom stereocenters. The largest absolute Gasteiger partial charge is 0.385 e. The van der Waals surface area contributed by atoms with E-state index in [1.165, 1.54) is 75.5 Å². The van der Waals surface area contributed by atoms with Gasteiger partial charge in [-0.2, -0.15) is 0 Å². The van der Waals surface area contributed by atoms with Crippen LogP contribution in [-0.2, 0) is 6.42 Å². The Bertz CT molecular complexity index is 376. The molecule has 0 unspecified atom stereocenters. The topological polar surface area (TPSA) is 24.1 Å². The first-order chi connectivity index (χ1) is 11.4. The molecule has 23 heavy (non-hydrogen) atoms. The maximum absolute atomic E-state index is 3.57. The van der Waals surface area contributed by atoms with E-state index in [-0.39, 0.29) is 0 Å². The standard InChI is InChI=1S/C21H38N2/c1-3-4-5-6-7-8-9-10-11-12-17-23-21-15-13-14-20(19-21)16-18-22-2/h13-15,19,22-23H,3-12,16-18H2,1-2H3. The molecule has 0 aliphatic rings. The second-order valence-electron chi connectivity index (χ2n) is 6.66. The zero-order chi connectivity index (χ0) is 16.6. The van der Waals surface area contributed by atoms with Crippen molar-refractivity contribution in [1.82, 2.24) is 5.32 Å². The highest BCUT2D eigenvalue weighted by Crippen LogP contribution is 2.13. The van der Waals surface area contributed by atoms with Gasteiger partial charge in [0.2, 0.25) is 0 Å². The molecule has 2 nitrogen and oxygen atoms in total. The predicted molar refractivity (Wildman–Crippen MR) is 104 cm³/mol. The average Bonchev–Trinajstić information content (AvgIpc) is 2.58. The normalized spacial score (nSPS) is 10.9. The van der Waals surface area contributed by atoms with E-state index in [4.69, 9.17) is 0 Å². The second kappa shape index (κ2) is 14.6. The van der Waals surface area contributed by atoms with Crippen LogP contribution in [0.25, 0.3) is 0 Å². The van der Waals surface area contributed by atoms with Crippen LogP contribution in [0.2, 0.25) is 0 Å². The Morgan fingerprint density at radius 1 is 0.783 bits per heavy atom. The monoisotopic (exact) mass is 318 g/mol. The van der Waals surface area contributed by atoms with Crippen molar-refractivity contribution in [3.05, 3.63) is 29.8 Å². The highest BCUT2D eigenvalue weighted by molar-refractivity contribution is 5.45. The van der Waals surface area contributed by atoms with Crippen molar-refractivity contribution in [1.29, 1.82) is 0 Å². The van der Waals surface area contributed by atoms with Crippen molar-refractivity contribution in [3.63, 3.8) is 0 Å². The molecular formula is C21H38N2. The van der Waals surface area contributed by atoms with Gasteiger partial charge in [0.05, 0.1) is 0 Å². The molecule has 2 N–H and O–H groups in total. The summed E-state index contributed by atoms with van der Waals surface area (Å²) in [6.07, 6.45) is 15.1. The minimum absolute atomic E-state index is 1.04. The van der Waals surface area contributed by atoms with E-state index < -0.39 is 0 Å². The van der Waals surface area contributed by atoms with Gasteiger partial charge in [0.25, 0.3) is 0 Å². The van der Waals surface area contributed by atoms with E-state index in [2.05, 4.69) is 41.8 Å². The van der Waals surface area contributed by atoms with Crippen LogP contribution in [0.5, 0.6) is 0 Å². The fraction of sp³-hybridized carbons (Fsp3) is 0.714. The number of benzene rings is 1. The lowest BCUT2D eigenvalue weighted by atomic mass is 10.1. The number of hydrogen-bond acceptors (Lipinski definition) is 2. The molecule has 0 aromatic heterocycles. The SMILES string of the molecule is CCCCCCCCCCCCNc1cccc(CCNC)c1. The van der Waals surface area contributed by atoms with E-state index >= 15 is 0 Å². The molecule has 1 rings (SSSR count). The lowest BCUT2D eigenvalue weighted by Gasteiger charge is -2.08. The summed E-state index contributed by atoms with van der Waals surface area (Å²) in [6, 6.07) is 8.84. The van der Waals surface area contributed by atoms with E-state index in [1.807, 2.05) is 7.05 Å². The molecule has 1 aromatic carbocycles. The molecule has 0 aliphatic heterocycles. The van der Waals surface area contributed by atoms with Crippen molar-refractivity contribution in [2.45, 2.75) is 77.6 Å². The molecule has 2 heteroatoms. The lowest BCUT2D eigenvalue weighted by molar-refractivity contribution is 0.560.